The molecule has 2 unspecified atom stereocenters. The van der Waals surface area contributed by atoms with Gasteiger partial charge in [-0.2, -0.15) is 0 Å². The van der Waals surface area contributed by atoms with Gasteiger partial charge < -0.3 is 10.1 Å². The van der Waals surface area contributed by atoms with E-state index in [0.29, 0.717) is 12.0 Å². The van der Waals surface area contributed by atoms with Crippen molar-refractivity contribution in [3.8, 4) is 0 Å². The van der Waals surface area contributed by atoms with Gasteiger partial charge >= 0.3 is 0 Å². The zero-order valence-corrected chi connectivity index (χ0v) is 12.5. The van der Waals surface area contributed by atoms with Crippen LogP contribution < -0.4 is 5.32 Å². The minimum Gasteiger partial charge on any atom is -0.382 e. The molecule has 2 heteroatoms. The lowest BCUT2D eigenvalue weighted by Crippen LogP contribution is -2.28. The Morgan fingerprint density at radius 1 is 1.37 bits per heavy atom. The number of hydrogen-bond donors (Lipinski definition) is 1. The molecule has 106 valence electrons. The minimum atomic E-state index is 0.343. The van der Waals surface area contributed by atoms with E-state index >= 15 is 0 Å². The Balaban J connectivity index is 1.90. The van der Waals surface area contributed by atoms with Crippen LogP contribution in [-0.4, -0.2) is 25.8 Å². The normalized spacial score (nSPS) is 18.3. The van der Waals surface area contributed by atoms with Crippen LogP contribution in [0.15, 0.2) is 24.3 Å². The summed E-state index contributed by atoms with van der Waals surface area (Å²) >= 11 is 0. The van der Waals surface area contributed by atoms with Crippen LogP contribution in [0.25, 0.3) is 0 Å². The van der Waals surface area contributed by atoms with E-state index in [2.05, 4.69) is 43.4 Å². The zero-order valence-electron chi connectivity index (χ0n) is 12.5. The fourth-order valence-electron chi connectivity index (χ4n) is 2.60. The molecule has 0 aliphatic heterocycles. The molecule has 0 aromatic heterocycles. The summed E-state index contributed by atoms with van der Waals surface area (Å²) in [6.45, 7) is 5.45. The van der Waals surface area contributed by atoms with Crippen LogP contribution in [-0.2, 0) is 11.2 Å². The molecule has 2 rings (SSSR count). The molecule has 1 aliphatic carbocycles. The highest BCUT2D eigenvalue weighted by Crippen LogP contribution is 2.21. The second kappa shape index (κ2) is 7.06. The van der Waals surface area contributed by atoms with Crippen molar-refractivity contribution in [1.29, 1.82) is 0 Å². The summed E-state index contributed by atoms with van der Waals surface area (Å²) in [5.41, 5.74) is 2.80. The van der Waals surface area contributed by atoms with Crippen molar-refractivity contribution >= 4 is 0 Å². The molecule has 1 N–H and O–H groups in total. The van der Waals surface area contributed by atoms with Crippen molar-refractivity contribution in [3.63, 3.8) is 0 Å². The van der Waals surface area contributed by atoms with Gasteiger partial charge in [-0.15, -0.1) is 0 Å². The lowest BCUT2D eigenvalue weighted by Gasteiger charge is -2.21. The third-order valence-corrected chi connectivity index (χ3v) is 3.95. The maximum atomic E-state index is 5.44. The van der Waals surface area contributed by atoms with Crippen LogP contribution in [0.2, 0.25) is 0 Å². The molecule has 1 aromatic carbocycles. The molecule has 1 aliphatic rings. The smallest absolute Gasteiger partial charge is 0.0546 e. The van der Waals surface area contributed by atoms with E-state index in [1.54, 1.807) is 0 Å². The number of ether oxygens (including phenoxy) is 1. The molecular weight excluding hydrogens is 234 g/mol. The molecule has 0 saturated heterocycles. The van der Waals surface area contributed by atoms with E-state index in [4.69, 9.17) is 4.74 Å². The molecule has 1 aromatic rings. The third kappa shape index (κ3) is 5.33. The average molecular weight is 261 g/mol. The largest absolute Gasteiger partial charge is 0.382 e. The predicted octanol–water partition coefficient (Wildman–Crippen LogP) is 3.33. The summed E-state index contributed by atoms with van der Waals surface area (Å²) in [6.07, 6.45) is 5.34. The summed E-state index contributed by atoms with van der Waals surface area (Å²) in [4.78, 5) is 0. The van der Waals surface area contributed by atoms with Gasteiger partial charge in [-0.3, -0.25) is 0 Å². The molecule has 2 atom stereocenters. The number of benzene rings is 1. The number of methoxy groups -OCH3 is 1. The van der Waals surface area contributed by atoms with Crippen LogP contribution in [0.3, 0.4) is 0 Å². The van der Waals surface area contributed by atoms with Crippen molar-refractivity contribution in [2.45, 2.75) is 51.7 Å². The Hall–Kier alpha value is -0.860. The number of aryl methyl sites for hydroxylation is 1. The Labute approximate surface area is 117 Å². The van der Waals surface area contributed by atoms with Crippen LogP contribution in [0.5, 0.6) is 0 Å². The maximum Gasteiger partial charge on any atom is 0.0546 e. The molecule has 2 nitrogen and oxygen atoms in total. The van der Waals surface area contributed by atoms with Gasteiger partial charge in [-0.05, 0) is 57.6 Å². The van der Waals surface area contributed by atoms with Crippen molar-refractivity contribution in [2.75, 3.05) is 13.7 Å². The van der Waals surface area contributed by atoms with Crippen LogP contribution in [0.4, 0.5) is 0 Å². The van der Waals surface area contributed by atoms with E-state index in [-0.39, 0.29) is 0 Å². The van der Waals surface area contributed by atoms with Gasteiger partial charge in [-0.25, -0.2) is 0 Å². The van der Waals surface area contributed by atoms with Gasteiger partial charge in [0.15, 0.2) is 0 Å². The molecule has 19 heavy (non-hydrogen) atoms. The number of hydrogen-bond acceptors (Lipinski definition) is 2. The second-order valence-electron chi connectivity index (χ2n) is 6.02. The van der Waals surface area contributed by atoms with Crippen molar-refractivity contribution in [3.05, 3.63) is 35.4 Å². The molecule has 1 fully saturated rings. The maximum absolute atomic E-state index is 5.44. The number of nitrogens with one attached hydrogen (secondary N) is 1. The first-order chi connectivity index (χ1) is 9.17. The van der Waals surface area contributed by atoms with E-state index in [1.165, 1.54) is 24.0 Å². The van der Waals surface area contributed by atoms with Gasteiger partial charge in [0.25, 0.3) is 0 Å². The standard InChI is InChI=1S/C17H27NO/c1-13-5-4-6-15(9-13)11-16(10-14(2)19-3)12-18-17-7-8-17/h4-6,9,14,16-18H,7-8,10-12H2,1-3H3. The van der Waals surface area contributed by atoms with E-state index in [9.17, 15) is 0 Å². The average Bonchev–Trinajstić information content (AvgIpc) is 3.20. The summed E-state index contributed by atoms with van der Waals surface area (Å²) in [6, 6.07) is 9.67. The summed E-state index contributed by atoms with van der Waals surface area (Å²) in [5, 5.41) is 3.67. The summed E-state index contributed by atoms with van der Waals surface area (Å²) < 4.78 is 5.44. The first-order valence-corrected chi connectivity index (χ1v) is 7.49. The third-order valence-electron chi connectivity index (χ3n) is 3.95. The van der Waals surface area contributed by atoms with E-state index in [0.717, 1.165) is 25.4 Å². The van der Waals surface area contributed by atoms with Gasteiger partial charge in [0, 0.05) is 13.2 Å². The molecule has 0 radical (unpaired) electrons. The lowest BCUT2D eigenvalue weighted by atomic mass is 9.93. The van der Waals surface area contributed by atoms with E-state index < -0.39 is 0 Å². The zero-order chi connectivity index (χ0) is 13.7. The fraction of sp³-hybridized carbons (Fsp3) is 0.647. The minimum absolute atomic E-state index is 0.343. The molecular formula is C17H27NO. The van der Waals surface area contributed by atoms with E-state index in [1.807, 2.05) is 7.11 Å². The second-order valence-corrected chi connectivity index (χ2v) is 6.02. The first-order valence-electron chi connectivity index (χ1n) is 7.49. The van der Waals surface area contributed by atoms with Gasteiger partial charge in [0.05, 0.1) is 6.10 Å². The Morgan fingerprint density at radius 2 is 2.16 bits per heavy atom. The number of rotatable bonds is 8. The highest BCUT2D eigenvalue weighted by atomic mass is 16.5. The van der Waals surface area contributed by atoms with Crippen molar-refractivity contribution in [2.24, 2.45) is 5.92 Å². The molecule has 1 saturated carbocycles. The predicted molar refractivity (Wildman–Crippen MR) is 80.5 cm³/mol. The molecule has 0 heterocycles. The highest BCUT2D eigenvalue weighted by Gasteiger charge is 2.22. The van der Waals surface area contributed by atoms with Crippen molar-refractivity contribution in [1.82, 2.24) is 5.32 Å². The quantitative estimate of drug-likeness (QED) is 0.775. The Kier molecular flexibility index (Phi) is 5.41. The molecule has 0 amide bonds. The monoisotopic (exact) mass is 261 g/mol. The molecule has 0 spiro atoms. The van der Waals surface area contributed by atoms with Gasteiger partial charge in [0.2, 0.25) is 0 Å². The van der Waals surface area contributed by atoms with Gasteiger partial charge in [-0.1, -0.05) is 29.8 Å². The Bertz CT molecular complexity index is 387. The topological polar surface area (TPSA) is 21.3 Å². The summed E-state index contributed by atoms with van der Waals surface area (Å²) in [7, 11) is 1.81. The Morgan fingerprint density at radius 3 is 2.79 bits per heavy atom. The van der Waals surface area contributed by atoms with Crippen LogP contribution >= 0.6 is 0 Å². The van der Waals surface area contributed by atoms with Gasteiger partial charge in [0.1, 0.15) is 0 Å². The molecule has 0 bridgehead atoms. The summed E-state index contributed by atoms with van der Waals surface area (Å²) in [5.74, 6) is 0.664. The highest BCUT2D eigenvalue weighted by molar-refractivity contribution is 5.22. The van der Waals surface area contributed by atoms with Crippen LogP contribution in [0, 0.1) is 12.8 Å². The SMILES string of the molecule is COC(C)CC(CNC1CC1)Cc1cccc(C)c1. The lowest BCUT2D eigenvalue weighted by molar-refractivity contribution is 0.0945. The van der Waals surface area contributed by atoms with Crippen molar-refractivity contribution < 1.29 is 4.74 Å². The first kappa shape index (κ1) is 14.5. The van der Waals surface area contributed by atoms with Crippen LogP contribution in [0.1, 0.15) is 37.3 Å². The fourth-order valence-corrected chi connectivity index (χ4v) is 2.60.